The molecule has 0 radical (unpaired) electrons. The smallest absolute Gasteiger partial charge is 0.305 e. The van der Waals surface area contributed by atoms with Crippen molar-refractivity contribution in [2.75, 3.05) is 6.61 Å². The maximum atomic E-state index is 12.0. The first-order chi connectivity index (χ1) is 18.3. The van der Waals surface area contributed by atoms with Crippen LogP contribution < -0.4 is 0 Å². The SMILES string of the molecule is CC(=O)OC1O[C@@](COC(c2ccccc2)(c2ccccc2)c2ccccc2)(C2CC2)[C@H]2OC(C)(C)O[C@@H]12. The van der Waals surface area contributed by atoms with Gasteiger partial charge >= 0.3 is 5.97 Å². The van der Waals surface area contributed by atoms with E-state index in [4.69, 9.17) is 23.7 Å². The molecule has 3 aromatic carbocycles. The van der Waals surface area contributed by atoms with Crippen LogP contribution in [0.3, 0.4) is 0 Å². The second kappa shape index (κ2) is 9.62. The van der Waals surface area contributed by atoms with Crippen LogP contribution in [0, 0.1) is 5.92 Å². The van der Waals surface area contributed by atoms with Crippen molar-refractivity contribution in [3.8, 4) is 0 Å². The zero-order valence-corrected chi connectivity index (χ0v) is 22.0. The van der Waals surface area contributed by atoms with E-state index in [1.807, 2.05) is 68.4 Å². The summed E-state index contributed by atoms with van der Waals surface area (Å²) in [6.45, 7) is 5.39. The Kier molecular flexibility index (Phi) is 6.39. The largest absolute Gasteiger partial charge is 0.433 e. The molecule has 3 fully saturated rings. The maximum Gasteiger partial charge on any atom is 0.305 e. The van der Waals surface area contributed by atoms with Gasteiger partial charge in [0.15, 0.2) is 11.9 Å². The predicted molar refractivity (Wildman–Crippen MR) is 141 cm³/mol. The highest BCUT2D eigenvalue weighted by molar-refractivity contribution is 5.66. The van der Waals surface area contributed by atoms with Gasteiger partial charge in [-0.3, -0.25) is 4.79 Å². The van der Waals surface area contributed by atoms with Crippen LogP contribution in [0.2, 0.25) is 0 Å². The van der Waals surface area contributed by atoms with E-state index >= 15 is 0 Å². The number of carbonyl (C=O) groups is 1. The van der Waals surface area contributed by atoms with Gasteiger partial charge in [-0.05, 0) is 49.3 Å². The number of fused-ring (bicyclic) bond motifs is 1. The molecule has 198 valence electrons. The monoisotopic (exact) mass is 514 g/mol. The van der Waals surface area contributed by atoms with E-state index in [2.05, 4.69) is 36.4 Å². The number of esters is 1. The Morgan fingerprint density at radius 2 is 1.32 bits per heavy atom. The second-order valence-electron chi connectivity index (χ2n) is 10.9. The minimum absolute atomic E-state index is 0.202. The molecule has 0 N–H and O–H groups in total. The molecule has 0 bridgehead atoms. The summed E-state index contributed by atoms with van der Waals surface area (Å²) in [5.74, 6) is -1.04. The van der Waals surface area contributed by atoms with Gasteiger partial charge in [0.25, 0.3) is 0 Å². The van der Waals surface area contributed by atoms with Crippen LogP contribution >= 0.6 is 0 Å². The van der Waals surface area contributed by atoms with E-state index in [-0.39, 0.29) is 12.5 Å². The van der Waals surface area contributed by atoms with Crippen molar-refractivity contribution in [1.29, 1.82) is 0 Å². The van der Waals surface area contributed by atoms with Gasteiger partial charge in [0, 0.05) is 6.92 Å². The molecule has 3 aliphatic rings. The Hall–Kier alpha value is -3.03. The van der Waals surface area contributed by atoms with Gasteiger partial charge in [-0.1, -0.05) is 91.0 Å². The van der Waals surface area contributed by atoms with E-state index in [9.17, 15) is 4.79 Å². The summed E-state index contributed by atoms with van der Waals surface area (Å²) in [5, 5.41) is 0. The zero-order chi connectivity index (χ0) is 26.4. The lowest BCUT2D eigenvalue weighted by atomic mass is 9.79. The highest BCUT2D eigenvalue weighted by Gasteiger charge is 2.69. The lowest BCUT2D eigenvalue weighted by Gasteiger charge is -2.41. The number of hydrogen-bond acceptors (Lipinski definition) is 6. The maximum absolute atomic E-state index is 12.0. The fourth-order valence-electron chi connectivity index (χ4n) is 6.10. The van der Waals surface area contributed by atoms with Crippen LogP contribution in [0.25, 0.3) is 0 Å². The number of benzene rings is 3. The molecule has 6 heteroatoms. The third-order valence-corrected chi connectivity index (χ3v) is 7.82. The highest BCUT2D eigenvalue weighted by atomic mass is 16.8. The fraction of sp³-hybridized carbons (Fsp3) is 0.406. The van der Waals surface area contributed by atoms with Gasteiger partial charge in [0.1, 0.15) is 17.3 Å². The standard InChI is InChI=1S/C32H34O6/c1-22(33)35-29-27-28(37-30(2,3)36-27)31(38-29,23-19-20-23)21-34-32(24-13-7-4-8-14-24,25-15-9-5-10-16-25)26-17-11-6-12-18-26/h4-18,23,27-29H,19-21H2,1-3H3/t27-,28+,29?,31+/m1/s1. The van der Waals surface area contributed by atoms with Crippen LogP contribution in [0.15, 0.2) is 91.0 Å². The number of ether oxygens (including phenoxy) is 5. The number of hydrogen-bond donors (Lipinski definition) is 0. The van der Waals surface area contributed by atoms with E-state index in [1.54, 1.807) is 0 Å². The van der Waals surface area contributed by atoms with Crippen LogP contribution in [-0.4, -0.2) is 42.5 Å². The first kappa shape index (κ1) is 25.3. The molecule has 6 rings (SSSR count). The summed E-state index contributed by atoms with van der Waals surface area (Å²) >= 11 is 0. The van der Waals surface area contributed by atoms with Crippen molar-refractivity contribution in [2.45, 2.75) is 69.1 Å². The molecule has 0 amide bonds. The predicted octanol–water partition coefficient (Wildman–Crippen LogP) is 5.58. The van der Waals surface area contributed by atoms with Gasteiger partial charge in [-0.25, -0.2) is 0 Å². The third kappa shape index (κ3) is 4.35. The minimum Gasteiger partial charge on any atom is -0.433 e. The van der Waals surface area contributed by atoms with Crippen molar-refractivity contribution in [3.05, 3.63) is 108 Å². The van der Waals surface area contributed by atoms with Gasteiger partial charge in [-0.2, -0.15) is 0 Å². The number of carbonyl (C=O) groups excluding carboxylic acids is 1. The molecule has 0 spiro atoms. The summed E-state index contributed by atoms with van der Waals surface area (Å²) in [7, 11) is 0. The Balaban J connectivity index is 1.46. The lowest BCUT2D eigenvalue weighted by Crippen LogP contribution is -2.51. The summed E-state index contributed by atoms with van der Waals surface area (Å²) < 4.78 is 32.1. The molecule has 1 saturated carbocycles. The first-order valence-corrected chi connectivity index (χ1v) is 13.4. The molecule has 2 saturated heterocycles. The average molecular weight is 515 g/mol. The number of rotatable bonds is 8. The quantitative estimate of drug-likeness (QED) is 0.289. The lowest BCUT2D eigenvalue weighted by molar-refractivity contribution is -0.267. The molecule has 1 unspecified atom stereocenters. The van der Waals surface area contributed by atoms with E-state index in [0.29, 0.717) is 0 Å². The molecule has 38 heavy (non-hydrogen) atoms. The van der Waals surface area contributed by atoms with E-state index < -0.39 is 41.5 Å². The summed E-state index contributed by atoms with van der Waals surface area (Å²) in [6, 6.07) is 30.8. The molecule has 1 aliphatic carbocycles. The zero-order valence-electron chi connectivity index (χ0n) is 22.0. The summed E-state index contributed by atoms with van der Waals surface area (Å²) in [4.78, 5) is 12.0. The van der Waals surface area contributed by atoms with Gasteiger partial charge in [0.05, 0.1) is 6.61 Å². The summed E-state index contributed by atoms with van der Waals surface area (Å²) in [5.41, 5.74) is 1.30. The Bertz CT molecular complexity index is 1160. The Morgan fingerprint density at radius 3 is 1.76 bits per heavy atom. The summed E-state index contributed by atoms with van der Waals surface area (Å²) in [6.07, 6.45) is 0.145. The molecule has 6 nitrogen and oxygen atoms in total. The third-order valence-electron chi connectivity index (χ3n) is 7.82. The van der Waals surface area contributed by atoms with Crippen LogP contribution in [0.5, 0.6) is 0 Å². The van der Waals surface area contributed by atoms with Crippen LogP contribution in [0.1, 0.15) is 50.3 Å². The molecule has 2 aliphatic heterocycles. The van der Waals surface area contributed by atoms with Crippen molar-refractivity contribution >= 4 is 5.97 Å². The second-order valence-corrected chi connectivity index (χ2v) is 10.9. The van der Waals surface area contributed by atoms with Crippen LogP contribution in [-0.2, 0) is 34.1 Å². The highest BCUT2D eigenvalue weighted by Crippen LogP contribution is 2.55. The molecule has 2 heterocycles. The van der Waals surface area contributed by atoms with Gasteiger partial charge in [0.2, 0.25) is 6.29 Å². The molecular formula is C32H34O6. The normalized spacial score (nSPS) is 28.1. The van der Waals surface area contributed by atoms with E-state index in [0.717, 1.165) is 29.5 Å². The average Bonchev–Trinajstić information content (AvgIpc) is 3.68. The first-order valence-electron chi connectivity index (χ1n) is 13.4. The van der Waals surface area contributed by atoms with Crippen molar-refractivity contribution < 1.29 is 28.5 Å². The topological polar surface area (TPSA) is 63.2 Å². The molecule has 0 aromatic heterocycles. The molecule has 4 atom stereocenters. The molecule has 3 aromatic rings. The van der Waals surface area contributed by atoms with Crippen molar-refractivity contribution in [2.24, 2.45) is 5.92 Å². The Morgan fingerprint density at radius 1 is 0.816 bits per heavy atom. The fourth-order valence-corrected chi connectivity index (χ4v) is 6.10. The van der Waals surface area contributed by atoms with Crippen molar-refractivity contribution in [1.82, 2.24) is 0 Å². The minimum atomic E-state index is -0.904. The van der Waals surface area contributed by atoms with Gasteiger partial charge < -0.3 is 23.7 Å². The van der Waals surface area contributed by atoms with Crippen LogP contribution in [0.4, 0.5) is 0 Å². The van der Waals surface area contributed by atoms with Crippen molar-refractivity contribution in [3.63, 3.8) is 0 Å². The van der Waals surface area contributed by atoms with E-state index in [1.165, 1.54) is 6.92 Å². The molecular weight excluding hydrogens is 480 g/mol. The van der Waals surface area contributed by atoms with Gasteiger partial charge in [-0.15, -0.1) is 0 Å². The Labute approximate surface area is 223 Å².